The van der Waals surface area contributed by atoms with Crippen LogP contribution in [0.4, 0.5) is 11.4 Å². The second-order valence-corrected chi connectivity index (χ2v) is 7.85. The molecule has 158 valence electrons. The highest BCUT2D eigenvalue weighted by Gasteiger charge is 2.06. The van der Waals surface area contributed by atoms with E-state index >= 15 is 0 Å². The van der Waals surface area contributed by atoms with Crippen molar-refractivity contribution < 1.29 is 4.74 Å². The highest BCUT2D eigenvalue weighted by atomic mass is 16.5. The van der Waals surface area contributed by atoms with Crippen molar-refractivity contribution in [3.63, 3.8) is 0 Å². The number of ether oxygens (including phenoxy) is 1. The van der Waals surface area contributed by atoms with Crippen molar-refractivity contribution in [2.45, 2.75) is 19.8 Å². The van der Waals surface area contributed by atoms with Crippen LogP contribution in [-0.2, 0) is 0 Å². The smallest absolute Gasteiger partial charge is 0.121 e. The van der Waals surface area contributed by atoms with E-state index in [9.17, 15) is 0 Å². The summed E-state index contributed by atoms with van der Waals surface area (Å²) in [6, 6.07) is 28.9. The van der Waals surface area contributed by atoms with Crippen molar-refractivity contribution in [2.24, 2.45) is 0 Å². The van der Waals surface area contributed by atoms with Gasteiger partial charge < -0.3 is 15.4 Å². The topological polar surface area (TPSA) is 46.2 Å². The SMILES string of the molecule is Cc1cc(Nc2cccc(OCCNCC(C)c3ccccc3)c2)c2ccccc2n1. The Morgan fingerprint density at radius 1 is 0.903 bits per heavy atom. The predicted octanol–water partition coefficient (Wildman–Crippen LogP) is 6.06. The molecule has 4 heteroatoms. The van der Waals surface area contributed by atoms with E-state index in [0.29, 0.717) is 12.5 Å². The molecule has 0 fully saturated rings. The number of aromatic nitrogens is 1. The number of hydrogen-bond acceptors (Lipinski definition) is 4. The van der Waals surface area contributed by atoms with Gasteiger partial charge in [0.2, 0.25) is 0 Å². The van der Waals surface area contributed by atoms with Crippen LogP contribution in [0.2, 0.25) is 0 Å². The van der Waals surface area contributed by atoms with Gasteiger partial charge >= 0.3 is 0 Å². The maximum Gasteiger partial charge on any atom is 0.121 e. The second-order valence-electron chi connectivity index (χ2n) is 7.85. The van der Waals surface area contributed by atoms with Gasteiger partial charge in [-0.25, -0.2) is 0 Å². The normalized spacial score (nSPS) is 11.9. The largest absolute Gasteiger partial charge is 0.492 e. The second kappa shape index (κ2) is 10.1. The van der Waals surface area contributed by atoms with Gasteiger partial charge in [0.1, 0.15) is 12.4 Å². The lowest BCUT2D eigenvalue weighted by Crippen LogP contribution is -2.25. The minimum Gasteiger partial charge on any atom is -0.492 e. The van der Waals surface area contributed by atoms with Crippen LogP contribution in [0.3, 0.4) is 0 Å². The summed E-state index contributed by atoms with van der Waals surface area (Å²) in [5.74, 6) is 1.34. The quantitative estimate of drug-likeness (QED) is 0.329. The molecule has 3 aromatic carbocycles. The first-order chi connectivity index (χ1) is 15.2. The zero-order valence-corrected chi connectivity index (χ0v) is 18.1. The molecule has 1 atom stereocenters. The van der Waals surface area contributed by atoms with Crippen LogP contribution in [0, 0.1) is 6.92 Å². The predicted molar refractivity (Wildman–Crippen MR) is 129 cm³/mol. The van der Waals surface area contributed by atoms with Crippen LogP contribution in [0.5, 0.6) is 5.75 Å². The van der Waals surface area contributed by atoms with Gasteiger partial charge in [0.15, 0.2) is 0 Å². The number of para-hydroxylation sites is 1. The number of hydrogen-bond donors (Lipinski definition) is 2. The number of benzene rings is 3. The summed E-state index contributed by atoms with van der Waals surface area (Å²) in [7, 11) is 0. The fraction of sp³-hybridized carbons (Fsp3) is 0.222. The molecular weight excluding hydrogens is 382 g/mol. The van der Waals surface area contributed by atoms with Gasteiger partial charge in [0, 0.05) is 41.6 Å². The molecular formula is C27H29N3O. The Labute approximate surface area is 184 Å². The highest BCUT2D eigenvalue weighted by molar-refractivity contribution is 5.93. The lowest BCUT2D eigenvalue weighted by atomic mass is 10.0. The zero-order valence-electron chi connectivity index (χ0n) is 18.1. The van der Waals surface area contributed by atoms with E-state index in [-0.39, 0.29) is 0 Å². The first-order valence-electron chi connectivity index (χ1n) is 10.8. The molecule has 0 aliphatic heterocycles. The molecule has 0 spiro atoms. The van der Waals surface area contributed by atoms with E-state index in [2.05, 4.69) is 71.1 Å². The molecule has 4 nitrogen and oxygen atoms in total. The summed E-state index contributed by atoms with van der Waals surface area (Å²) in [6.07, 6.45) is 0. The number of anilines is 2. The van der Waals surface area contributed by atoms with Crippen molar-refractivity contribution in [3.8, 4) is 5.75 Å². The third-order valence-corrected chi connectivity index (χ3v) is 5.32. The molecule has 0 radical (unpaired) electrons. The summed E-state index contributed by atoms with van der Waals surface area (Å²) in [6.45, 7) is 6.63. The zero-order chi connectivity index (χ0) is 21.5. The third kappa shape index (κ3) is 5.62. The minimum absolute atomic E-state index is 0.479. The summed E-state index contributed by atoms with van der Waals surface area (Å²) in [4.78, 5) is 4.61. The first kappa shape index (κ1) is 20.9. The van der Waals surface area contributed by atoms with Crippen molar-refractivity contribution in [3.05, 3.63) is 96.2 Å². The van der Waals surface area contributed by atoms with E-state index in [0.717, 1.165) is 46.8 Å². The third-order valence-electron chi connectivity index (χ3n) is 5.32. The van der Waals surface area contributed by atoms with Gasteiger partial charge in [-0.15, -0.1) is 0 Å². The molecule has 1 aromatic heterocycles. The molecule has 0 saturated carbocycles. The fourth-order valence-electron chi connectivity index (χ4n) is 3.69. The van der Waals surface area contributed by atoms with Gasteiger partial charge in [0.25, 0.3) is 0 Å². The van der Waals surface area contributed by atoms with Crippen molar-refractivity contribution in [1.82, 2.24) is 10.3 Å². The van der Waals surface area contributed by atoms with Crippen LogP contribution in [0.15, 0.2) is 84.9 Å². The van der Waals surface area contributed by atoms with Crippen LogP contribution in [-0.4, -0.2) is 24.7 Å². The van der Waals surface area contributed by atoms with E-state index in [1.807, 2.05) is 43.3 Å². The Morgan fingerprint density at radius 2 is 1.71 bits per heavy atom. The van der Waals surface area contributed by atoms with Crippen molar-refractivity contribution in [2.75, 3.05) is 25.0 Å². The van der Waals surface area contributed by atoms with E-state index < -0.39 is 0 Å². The fourth-order valence-corrected chi connectivity index (χ4v) is 3.69. The summed E-state index contributed by atoms with van der Waals surface area (Å²) in [5, 5.41) is 8.12. The van der Waals surface area contributed by atoms with E-state index in [1.165, 1.54) is 5.56 Å². The van der Waals surface area contributed by atoms with Gasteiger partial charge in [-0.2, -0.15) is 0 Å². The Balaban J connectivity index is 1.31. The summed E-state index contributed by atoms with van der Waals surface area (Å²) in [5.41, 5.74) is 5.39. The maximum absolute atomic E-state index is 5.97. The Kier molecular flexibility index (Phi) is 6.80. The maximum atomic E-state index is 5.97. The van der Waals surface area contributed by atoms with E-state index in [1.54, 1.807) is 0 Å². The molecule has 0 saturated heterocycles. The number of rotatable bonds is 9. The van der Waals surface area contributed by atoms with E-state index in [4.69, 9.17) is 4.74 Å². The van der Waals surface area contributed by atoms with Crippen LogP contribution >= 0.6 is 0 Å². The molecule has 4 aromatic rings. The number of pyridine rings is 1. The van der Waals surface area contributed by atoms with Gasteiger partial charge in [-0.05, 0) is 42.7 Å². The molecule has 0 aliphatic carbocycles. The Bertz CT molecular complexity index is 1130. The molecule has 2 N–H and O–H groups in total. The summed E-state index contributed by atoms with van der Waals surface area (Å²) >= 11 is 0. The molecule has 0 aliphatic rings. The first-order valence-corrected chi connectivity index (χ1v) is 10.8. The van der Waals surface area contributed by atoms with Gasteiger partial charge in [-0.1, -0.05) is 61.5 Å². The van der Waals surface area contributed by atoms with Gasteiger partial charge in [-0.3, -0.25) is 4.98 Å². The Hall–Kier alpha value is -3.37. The standard InChI is InChI=1S/C27H29N3O/c1-20(22-9-4-3-5-10-22)19-28-15-16-31-24-12-8-11-23(18-24)30-27-17-21(2)29-26-14-7-6-13-25(26)27/h3-14,17-18,20,28H,15-16,19H2,1-2H3,(H,29,30). The molecule has 0 bridgehead atoms. The molecule has 1 heterocycles. The highest BCUT2D eigenvalue weighted by Crippen LogP contribution is 2.28. The van der Waals surface area contributed by atoms with Crippen LogP contribution in [0.25, 0.3) is 10.9 Å². The number of nitrogens with zero attached hydrogens (tertiary/aromatic N) is 1. The van der Waals surface area contributed by atoms with Crippen LogP contribution in [0.1, 0.15) is 24.1 Å². The molecule has 4 rings (SSSR count). The average Bonchev–Trinajstić information content (AvgIpc) is 2.79. The van der Waals surface area contributed by atoms with Crippen molar-refractivity contribution in [1.29, 1.82) is 0 Å². The number of aryl methyl sites for hydroxylation is 1. The number of nitrogens with one attached hydrogen (secondary N) is 2. The lowest BCUT2D eigenvalue weighted by molar-refractivity contribution is 0.313. The van der Waals surface area contributed by atoms with Crippen LogP contribution < -0.4 is 15.4 Å². The molecule has 31 heavy (non-hydrogen) atoms. The minimum atomic E-state index is 0.479. The number of fused-ring (bicyclic) bond motifs is 1. The van der Waals surface area contributed by atoms with Gasteiger partial charge in [0.05, 0.1) is 5.52 Å². The lowest BCUT2D eigenvalue weighted by Gasteiger charge is -2.14. The van der Waals surface area contributed by atoms with Crippen molar-refractivity contribution >= 4 is 22.3 Å². The average molecular weight is 412 g/mol. The molecule has 1 unspecified atom stereocenters. The monoisotopic (exact) mass is 411 g/mol. The molecule has 0 amide bonds. The summed E-state index contributed by atoms with van der Waals surface area (Å²) < 4.78 is 5.97. The Morgan fingerprint density at radius 3 is 2.58 bits per heavy atom.